The Labute approximate surface area is 132 Å². The van der Waals surface area contributed by atoms with Crippen LogP contribution in [0.3, 0.4) is 0 Å². The molecule has 2 atom stereocenters. The van der Waals surface area contributed by atoms with Crippen molar-refractivity contribution in [3.63, 3.8) is 0 Å². The van der Waals surface area contributed by atoms with Crippen LogP contribution in [0.2, 0.25) is 0 Å². The van der Waals surface area contributed by atoms with E-state index in [0.717, 1.165) is 19.1 Å². The third-order valence-corrected chi connectivity index (χ3v) is 5.94. The van der Waals surface area contributed by atoms with E-state index in [1.165, 1.54) is 57.8 Å². The fourth-order valence-corrected chi connectivity index (χ4v) is 4.66. The summed E-state index contributed by atoms with van der Waals surface area (Å²) < 4.78 is 6.29. The molecule has 1 spiro atoms. The fraction of sp³-hybridized carbons (Fsp3) is 1.00. The van der Waals surface area contributed by atoms with E-state index in [1.54, 1.807) is 0 Å². The molecule has 0 aromatic rings. The Morgan fingerprint density at radius 2 is 1.95 bits per heavy atom. The Hall–Kier alpha value is -0.0800. The number of hydrogen-bond acceptors (Lipinski definition) is 2. The zero-order valence-corrected chi connectivity index (χ0v) is 14.8. The van der Waals surface area contributed by atoms with Gasteiger partial charge in [-0.15, -0.1) is 0 Å². The minimum Gasteiger partial charge on any atom is -0.375 e. The van der Waals surface area contributed by atoms with Crippen LogP contribution in [0.25, 0.3) is 0 Å². The van der Waals surface area contributed by atoms with Gasteiger partial charge in [0.05, 0.1) is 5.60 Å². The Morgan fingerprint density at radius 1 is 1.24 bits per heavy atom. The summed E-state index contributed by atoms with van der Waals surface area (Å²) in [7, 11) is 0. The lowest BCUT2D eigenvalue weighted by Gasteiger charge is -2.48. The highest BCUT2D eigenvalue weighted by molar-refractivity contribution is 4.94. The van der Waals surface area contributed by atoms with Crippen LogP contribution >= 0.6 is 0 Å². The molecule has 1 heterocycles. The summed E-state index contributed by atoms with van der Waals surface area (Å²) in [5, 5.41) is 3.67. The van der Waals surface area contributed by atoms with Crippen LogP contribution in [-0.4, -0.2) is 24.8 Å². The van der Waals surface area contributed by atoms with E-state index in [9.17, 15) is 0 Å². The first-order chi connectivity index (χ1) is 9.97. The largest absolute Gasteiger partial charge is 0.375 e. The van der Waals surface area contributed by atoms with Gasteiger partial charge in [-0.1, -0.05) is 40.0 Å². The summed E-state index contributed by atoms with van der Waals surface area (Å²) in [4.78, 5) is 0. The molecule has 0 radical (unpaired) electrons. The Morgan fingerprint density at radius 3 is 2.62 bits per heavy atom. The van der Waals surface area contributed by atoms with Crippen LogP contribution in [0.1, 0.15) is 85.5 Å². The van der Waals surface area contributed by atoms with Crippen LogP contribution in [0, 0.1) is 11.3 Å². The van der Waals surface area contributed by atoms with Crippen LogP contribution in [0.4, 0.5) is 0 Å². The van der Waals surface area contributed by atoms with Gasteiger partial charge in [0.15, 0.2) is 0 Å². The minimum atomic E-state index is 0.249. The standard InChI is InChI=1S/C19H37NO/c1-5-12-20-16(2)14-18(3,4)17-9-13-21-19(15-17)10-7-6-8-11-19/h16-17,20H,5-15H2,1-4H3. The smallest absolute Gasteiger partial charge is 0.0685 e. The Bertz CT molecular complexity index is 301. The molecule has 2 unspecified atom stereocenters. The first-order valence-corrected chi connectivity index (χ1v) is 9.35. The van der Waals surface area contributed by atoms with Crippen molar-refractivity contribution < 1.29 is 4.74 Å². The number of ether oxygens (including phenoxy) is 1. The van der Waals surface area contributed by atoms with E-state index < -0.39 is 0 Å². The molecule has 1 aliphatic carbocycles. The van der Waals surface area contributed by atoms with Crippen LogP contribution in [-0.2, 0) is 4.74 Å². The molecular formula is C19H37NO. The molecule has 0 bridgehead atoms. The van der Waals surface area contributed by atoms with Crippen molar-refractivity contribution in [2.75, 3.05) is 13.2 Å². The van der Waals surface area contributed by atoms with Gasteiger partial charge in [-0.3, -0.25) is 0 Å². The molecule has 1 N–H and O–H groups in total. The maximum atomic E-state index is 6.29. The van der Waals surface area contributed by atoms with Gasteiger partial charge in [-0.05, 0) is 63.3 Å². The van der Waals surface area contributed by atoms with E-state index in [4.69, 9.17) is 4.74 Å². The first-order valence-electron chi connectivity index (χ1n) is 9.35. The van der Waals surface area contributed by atoms with Crippen molar-refractivity contribution in [3.8, 4) is 0 Å². The number of nitrogens with one attached hydrogen (secondary N) is 1. The zero-order chi connectivity index (χ0) is 15.3. The van der Waals surface area contributed by atoms with Crippen molar-refractivity contribution in [3.05, 3.63) is 0 Å². The van der Waals surface area contributed by atoms with Crippen LogP contribution in [0.5, 0.6) is 0 Å². The predicted octanol–water partition coefficient (Wildman–Crippen LogP) is 4.92. The minimum absolute atomic E-state index is 0.249. The average Bonchev–Trinajstić information content (AvgIpc) is 2.45. The topological polar surface area (TPSA) is 21.3 Å². The second-order valence-corrected chi connectivity index (χ2v) is 8.33. The molecule has 1 saturated heterocycles. The van der Waals surface area contributed by atoms with Crippen molar-refractivity contribution in [2.24, 2.45) is 11.3 Å². The highest BCUT2D eigenvalue weighted by Gasteiger charge is 2.43. The normalized spacial score (nSPS) is 27.7. The van der Waals surface area contributed by atoms with Gasteiger partial charge in [-0.2, -0.15) is 0 Å². The molecule has 2 nitrogen and oxygen atoms in total. The van der Waals surface area contributed by atoms with E-state index in [2.05, 4.69) is 33.0 Å². The molecule has 2 heteroatoms. The van der Waals surface area contributed by atoms with Crippen LogP contribution in [0.15, 0.2) is 0 Å². The molecule has 0 aromatic carbocycles. The average molecular weight is 296 g/mol. The van der Waals surface area contributed by atoms with Crippen molar-refractivity contribution in [1.29, 1.82) is 0 Å². The van der Waals surface area contributed by atoms with Gasteiger partial charge in [0.2, 0.25) is 0 Å². The number of rotatable bonds is 6. The predicted molar refractivity (Wildman–Crippen MR) is 90.6 cm³/mol. The third kappa shape index (κ3) is 4.69. The monoisotopic (exact) mass is 295 g/mol. The molecule has 0 aromatic heterocycles. The Kier molecular flexibility index (Phi) is 6.14. The second kappa shape index (κ2) is 7.46. The van der Waals surface area contributed by atoms with E-state index in [0.29, 0.717) is 11.5 Å². The maximum Gasteiger partial charge on any atom is 0.0685 e. The molecule has 2 fully saturated rings. The quantitative estimate of drug-likeness (QED) is 0.751. The fourth-order valence-electron chi connectivity index (χ4n) is 4.66. The highest BCUT2D eigenvalue weighted by atomic mass is 16.5. The summed E-state index contributed by atoms with van der Waals surface area (Å²) in [5.74, 6) is 0.829. The lowest BCUT2D eigenvalue weighted by atomic mass is 9.65. The second-order valence-electron chi connectivity index (χ2n) is 8.33. The molecule has 2 rings (SSSR count). The summed E-state index contributed by atoms with van der Waals surface area (Å²) in [6.07, 6.45) is 11.9. The summed E-state index contributed by atoms with van der Waals surface area (Å²) >= 11 is 0. The Balaban J connectivity index is 1.92. The molecule has 1 aliphatic heterocycles. The number of hydrogen-bond donors (Lipinski definition) is 1. The lowest BCUT2D eigenvalue weighted by molar-refractivity contribution is -0.135. The molecule has 0 amide bonds. The van der Waals surface area contributed by atoms with Gasteiger partial charge in [0.1, 0.15) is 0 Å². The van der Waals surface area contributed by atoms with Crippen molar-refractivity contribution in [2.45, 2.75) is 97.1 Å². The summed E-state index contributed by atoms with van der Waals surface area (Å²) in [5.41, 5.74) is 0.674. The van der Waals surface area contributed by atoms with Crippen LogP contribution < -0.4 is 5.32 Å². The molecule has 21 heavy (non-hydrogen) atoms. The van der Waals surface area contributed by atoms with Crippen molar-refractivity contribution >= 4 is 0 Å². The van der Waals surface area contributed by atoms with E-state index >= 15 is 0 Å². The summed E-state index contributed by atoms with van der Waals surface area (Å²) in [6, 6.07) is 0.630. The third-order valence-electron chi connectivity index (χ3n) is 5.94. The molecule has 1 saturated carbocycles. The van der Waals surface area contributed by atoms with Gasteiger partial charge in [-0.25, -0.2) is 0 Å². The van der Waals surface area contributed by atoms with E-state index in [-0.39, 0.29) is 5.60 Å². The first kappa shape index (κ1) is 17.3. The van der Waals surface area contributed by atoms with Gasteiger partial charge >= 0.3 is 0 Å². The lowest BCUT2D eigenvalue weighted by Crippen LogP contribution is -2.46. The molecule has 2 aliphatic rings. The highest BCUT2D eigenvalue weighted by Crippen LogP contribution is 2.47. The molecular weight excluding hydrogens is 258 g/mol. The van der Waals surface area contributed by atoms with Crippen molar-refractivity contribution in [1.82, 2.24) is 5.32 Å². The SMILES string of the molecule is CCCNC(C)CC(C)(C)C1CCOC2(CCCCC2)C1. The maximum absolute atomic E-state index is 6.29. The van der Waals surface area contributed by atoms with Gasteiger partial charge < -0.3 is 10.1 Å². The van der Waals surface area contributed by atoms with E-state index in [1.807, 2.05) is 0 Å². The zero-order valence-electron chi connectivity index (χ0n) is 14.8. The van der Waals surface area contributed by atoms with Gasteiger partial charge in [0.25, 0.3) is 0 Å². The molecule has 124 valence electrons. The van der Waals surface area contributed by atoms with Gasteiger partial charge in [0, 0.05) is 12.6 Å². The summed E-state index contributed by atoms with van der Waals surface area (Å²) in [6.45, 7) is 11.7.